The van der Waals surface area contributed by atoms with Crippen molar-refractivity contribution in [1.82, 2.24) is 40.2 Å². The van der Waals surface area contributed by atoms with Gasteiger partial charge in [0.25, 0.3) is 0 Å². The van der Waals surface area contributed by atoms with E-state index >= 15 is 0 Å². The van der Waals surface area contributed by atoms with Crippen LogP contribution in [0.25, 0.3) is 11.1 Å². The van der Waals surface area contributed by atoms with Gasteiger partial charge in [0.1, 0.15) is 23.3 Å². The van der Waals surface area contributed by atoms with E-state index < -0.39 is 0 Å². The summed E-state index contributed by atoms with van der Waals surface area (Å²) in [6.45, 7) is 0.765. The van der Waals surface area contributed by atoms with E-state index in [0.717, 1.165) is 60.9 Å². The molecular formula is C36H38N10O2. The highest BCUT2D eigenvalue weighted by molar-refractivity contribution is 5.83. The molecule has 12 heteroatoms. The first-order valence-corrected chi connectivity index (χ1v) is 16.6. The van der Waals surface area contributed by atoms with Crippen LogP contribution in [-0.4, -0.2) is 40.8 Å². The maximum atomic E-state index is 13.8. The number of hydrogen-bond donors (Lipinski definition) is 2. The first-order chi connectivity index (χ1) is 23.5. The topological polar surface area (TPSA) is 160 Å². The fourth-order valence-corrected chi connectivity index (χ4v) is 6.52. The van der Waals surface area contributed by atoms with E-state index in [1.54, 1.807) is 10.9 Å². The predicted molar refractivity (Wildman–Crippen MR) is 177 cm³/mol. The van der Waals surface area contributed by atoms with Crippen LogP contribution in [-0.2, 0) is 31.4 Å². The lowest BCUT2D eigenvalue weighted by Gasteiger charge is -2.33. The van der Waals surface area contributed by atoms with Gasteiger partial charge in [-0.3, -0.25) is 14.5 Å². The van der Waals surface area contributed by atoms with E-state index in [1.165, 1.54) is 0 Å². The van der Waals surface area contributed by atoms with E-state index in [4.69, 9.17) is 14.4 Å². The van der Waals surface area contributed by atoms with Gasteiger partial charge in [0.05, 0.1) is 30.6 Å². The number of nitrogens with one attached hydrogen (secondary N) is 2. The van der Waals surface area contributed by atoms with Gasteiger partial charge < -0.3 is 15.1 Å². The molecule has 0 spiro atoms. The quantitative estimate of drug-likeness (QED) is 0.179. The molecule has 2 aliphatic rings. The smallest absolute Gasteiger partial charge is 0.235 e. The fraction of sp³-hybridized carbons (Fsp3) is 0.389. The van der Waals surface area contributed by atoms with Crippen molar-refractivity contribution in [2.45, 2.75) is 69.9 Å². The molecule has 48 heavy (non-hydrogen) atoms. The summed E-state index contributed by atoms with van der Waals surface area (Å²) in [6, 6.07) is 16.2. The molecule has 1 unspecified atom stereocenters. The van der Waals surface area contributed by atoms with Crippen LogP contribution >= 0.6 is 0 Å². The zero-order valence-corrected chi connectivity index (χ0v) is 26.9. The van der Waals surface area contributed by atoms with Gasteiger partial charge >= 0.3 is 0 Å². The molecule has 0 bridgehead atoms. The molecule has 2 saturated carbocycles. The third-order valence-electron chi connectivity index (χ3n) is 9.34. The molecule has 0 saturated heterocycles. The Labute approximate surface area is 279 Å². The zero-order valence-electron chi connectivity index (χ0n) is 26.9. The molecule has 1 aromatic carbocycles. The van der Waals surface area contributed by atoms with Crippen molar-refractivity contribution < 1.29 is 9.21 Å². The molecule has 4 aromatic heterocycles. The molecule has 244 valence electrons. The minimum absolute atomic E-state index is 0.000529. The van der Waals surface area contributed by atoms with Crippen molar-refractivity contribution in [2.24, 2.45) is 18.9 Å². The monoisotopic (exact) mass is 642 g/mol. The van der Waals surface area contributed by atoms with Crippen LogP contribution in [0.3, 0.4) is 0 Å². The number of benzene rings is 1. The second-order valence-corrected chi connectivity index (χ2v) is 12.9. The van der Waals surface area contributed by atoms with Crippen molar-refractivity contribution in [1.29, 1.82) is 5.26 Å². The minimum Gasteiger partial charge on any atom is -0.423 e. The molecule has 2 fully saturated rings. The molecule has 4 heterocycles. The molecular weight excluding hydrogens is 604 g/mol. The molecule has 7 rings (SSSR count). The number of aryl methyl sites for hydroxylation is 1. The van der Waals surface area contributed by atoms with Crippen LogP contribution in [0.1, 0.15) is 84.8 Å². The van der Waals surface area contributed by atoms with E-state index in [2.05, 4.69) is 37.0 Å². The number of hydrogen-bond acceptors (Lipinski definition) is 10. The van der Waals surface area contributed by atoms with Crippen LogP contribution in [0.5, 0.6) is 0 Å². The maximum Gasteiger partial charge on any atom is 0.235 e. The van der Waals surface area contributed by atoms with E-state index in [0.29, 0.717) is 60.3 Å². The van der Waals surface area contributed by atoms with Crippen molar-refractivity contribution in [3.05, 3.63) is 102 Å². The number of rotatable bonds is 12. The summed E-state index contributed by atoms with van der Waals surface area (Å²) < 4.78 is 7.52. The number of aromatic nitrogens is 7. The van der Waals surface area contributed by atoms with Crippen molar-refractivity contribution in [3.63, 3.8) is 0 Å². The van der Waals surface area contributed by atoms with E-state index in [-0.39, 0.29) is 17.7 Å². The van der Waals surface area contributed by atoms with Gasteiger partial charge in [-0.15, -0.1) is 10.2 Å². The largest absolute Gasteiger partial charge is 0.423 e. The highest BCUT2D eigenvalue weighted by atomic mass is 16.4. The third kappa shape index (κ3) is 7.41. The number of pyridine rings is 1. The number of anilines is 1. The van der Waals surface area contributed by atoms with Gasteiger partial charge in [-0.1, -0.05) is 36.4 Å². The van der Waals surface area contributed by atoms with Gasteiger partial charge in [0, 0.05) is 49.5 Å². The SMILES string of the molecule is Cn1cc(-c2ccc(C(C(=O)NCc3ccccc3)[C@H]3CC[C@H](Cc4ncc(C#N)c(NCc5nnc(C6CC6)o5)n4)CC3)nc2)cn1. The van der Waals surface area contributed by atoms with E-state index in [9.17, 15) is 10.1 Å². The average molecular weight is 643 g/mol. The first kappa shape index (κ1) is 31.2. The Hall–Kier alpha value is -5.44. The molecule has 2 N–H and O–H groups in total. The highest BCUT2D eigenvalue weighted by Crippen LogP contribution is 2.40. The standard InChI is InChI=1S/C36H38N10O2/c1-46-22-29(20-42-46)27-13-14-30(38-18-27)33(35(47)41-17-24-5-3-2-4-6-24)25-9-7-23(8-10-25)15-31-39-19-28(16-37)34(43-31)40-21-32-44-45-36(48-32)26-11-12-26/h2-6,13-14,18-20,22-23,25-26,33H,7-12,15,17,21H2,1H3,(H,41,47)(H,39,40,43)/t23-,25-,33?. The van der Waals surface area contributed by atoms with Gasteiger partial charge in [-0.05, 0) is 62.0 Å². The second kappa shape index (κ2) is 14.1. The number of carbonyl (C=O) groups is 1. The normalized spacial score (nSPS) is 18.2. The summed E-state index contributed by atoms with van der Waals surface area (Å²) in [4.78, 5) is 27.8. The molecule has 12 nitrogen and oxygen atoms in total. The Balaban J connectivity index is 1.01. The van der Waals surface area contributed by atoms with E-state index in [1.807, 2.05) is 68.1 Å². The highest BCUT2D eigenvalue weighted by Gasteiger charge is 2.35. The summed E-state index contributed by atoms with van der Waals surface area (Å²) in [5, 5.41) is 28.6. The number of amides is 1. The van der Waals surface area contributed by atoms with Crippen LogP contribution in [0.4, 0.5) is 5.82 Å². The van der Waals surface area contributed by atoms with Crippen molar-refractivity contribution in [3.8, 4) is 17.2 Å². The average Bonchev–Trinajstić information content (AvgIpc) is 3.70. The summed E-state index contributed by atoms with van der Waals surface area (Å²) in [6.07, 6.45) is 13.7. The number of carbonyl (C=O) groups excluding carboxylic acids is 1. The number of nitrogens with zero attached hydrogens (tertiary/aromatic N) is 8. The summed E-state index contributed by atoms with van der Waals surface area (Å²) in [7, 11) is 1.89. The molecule has 0 radical (unpaired) electrons. The summed E-state index contributed by atoms with van der Waals surface area (Å²) >= 11 is 0. The van der Waals surface area contributed by atoms with Gasteiger partial charge in [0.15, 0.2) is 0 Å². The molecule has 5 aromatic rings. The van der Waals surface area contributed by atoms with Crippen LogP contribution in [0.2, 0.25) is 0 Å². The Kier molecular flexibility index (Phi) is 9.18. The van der Waals surface area contributed by atoms with Crippen LogP contribution < -0.4 is 10.6 Å². The summed E-state index contributed by atoms with van der Waals surface area (Å²) in [5.74, 6) is 2.87. The Morgan fingerprint density at radius 2 is 1.81 bits per heavy atom. The van der Waals surface area contributed by atoms with Crippen molar-refractivity contribution in [2.75, 3.05) is 5.32 Å². The molecule has 1 amide bonds. The lowest BCUT2D eigenvalue weighted by atomic mass is 9.73. The van der Waals surface area contributed by atoms with Crippen LogP contribution in [0.15, 0.2) is 71.7 Å². The Morgan fingerprint density at radius 1 is 0.979 bits per heavy atom. The summed E-state index contributed by atoms with van der Waals surface area (Å²) in [5.41, 5.74) is 4.17. The fourth-order valence-electron chi connectivity index (χ4n) is 6.52. The maximum absolute atomic E-state index is 13.8. The first-order valence-electron chi connectivity index (χ1n) is 16.6. The van der Waals surface area contributed by atoms with Crippen molar-refractivity contribution >= 4 is 11.7 Å². The van der Waals surface area contributed by atoms with Gasteiger partial charge in [-0.2, -0.15) is 10.4 Å². The Bertz CT molecular complexity index is 1880. The predicted octanol–water partition coefficient (Wildman–Crippen LogP) is 5.47. The third-order valence-corrected chi connectivity index (χ3v) is 9.34. The zero-order chi connectivity index (χ0) is 32.9. The number of nitriles is 1. The lowest BCUT2D eigenvalue weighted by Crippen LogP contribution is -2.35. The second-order valence-electron chi connectivity index (χ2n) is 12.9. The van der Waals surface area contributed by atoms with Gasteiger partial charge in [0.2, 0.25) is 17.7 Å². The minimum atomic E-state index is -0.357. The molecule has 2 aliphatic carbocycles. The Morgan fingerprint density at radius 3 is 2.52 bits per heavy atom. The van der Waals surface area contributed by atoms with Crippen LogP contribution in [0, 0.1) is 23.2 Å². The lowest BCUT2D eigenvalue weighted by molar-refractivity contribution is -0.124. The molecule has 0 aliphatic heterocycles. The molecule has 1 atom stereocenters. The van der Waals surface area contributed by atoms with Gasteiger partial charge in [-0.25, -0.2) is 9.97 Å².